The first kappa shape index (κ1) is 15.8. The van der Waals surface area contributed by atoms with E-state index in [4.69, 9.17) is 16.3 Å². The minimum atomic E-state index is -0.502. The van der Waals surface area contributed by atoms with E-state index in [1.807, 2.05) is 0 Å². The third-order valence-corrected chi connectivity index (χ3v) is 3.85. The van der Waals surface area contributed by atoms with Crippen LogP contribution in [0, 0.1) is 10.1 Å². The number of nitrogens with zero attached hydrogens (tertiary/aromatic N) is 1. The SMILES string of the molecule is O=[N+]([O-])c1cccc(Cl)c1COc1c(Br)cccc1CO. The van der Waals surface area contributed by atoms with Crippen molar-refractivity contribution in [2.24, 2.45) is 0 Å². The fourth-order valence-corrected chi connectivity index (χ4v) is 2.59. The van der Waals surface area contributed by atoms with Crippen molar-refractivity contribution in [2.45, 2.75) is 13.2 Å². The van der Waals surface area contributed by atoms with E-state index in [2.05, 4.69) is 15.9 Å². The van der Waals surface area contributed by atoms with E-state index in [0.29, 0.717) is 21.3 Å². The third-order valence-electron chi connectivity index (χ3n) is 2.87. The zero-order valence-electron chi connectivity index (χ0n) is 10.8. The highest BCUT2D eigenvalue weighted by Crippen LogP contribution is 2.32. The first-order valence-corrected chi connectivity index (χ1v) is 7.14. The summed E-state index contributed by atoms with van der Waals surface area (Å²) in [6.45, 7) is -0.259. The van der Waals surface area contributed by atoms with Crippen LogP contribution in [0.15, 0.2) is 40.9 Å². The van der Waals surface area contributed by atoms with Crippen molar-refractivity contribution in [3.63, 3.8) is 0 Å². The Labute approximate surface area is 134 Å². The van der Waals surface area contributed by atoms with E-state index >= 15 is 0 Å². The average Bonchev–Trinajstić information content (AvgIpc) is 2.46. The Hall–Kier alpha value is -1.63. The molecule has 21 heavy (non-hydrogen) atoms. The summed E-state index contributed by atoms with van der Waals surface area (Å²) in [5, 5.41) is 20.6. The second-order valence-corrected chi connectivity index (χ2v) is 5.43. The molecule has 110 valence electrons. The number of hydrogen-bond donors (Lipinski definition) is 1. The van der Waals surface area contributed by atoms with Gasteiger partial charge in [-0.3, -0.25) is 10.1 Å². The summed E-state index contributed by atoms with van der Waals surface area (Å²) < 4.78 is 6.28. The second kappa shape index (κ2) is 6.89. The van der Waals surface area contributed by atoms with Crippen LogP contribution in [0.3, 0.4) is 0 Å². The molecule has 0 atom stereocenters. The van der Waals surface area contributed by atoms with Gasteiger partial charge >= 0.3 is 0 Å². The molecule has 0 aliphatic rings. The Balaban J connectivity index is 2.31. The molecular weight excluding hydrogens is 362 g/mol. The van der Waals surface area contributed by atoms with Crippen molar-refractivity contribution in [3.05, 3.63) is 67.1 Å². The summed E-state index contributed by atoms with van der Waals surface area (Å²) in [5.74, 6) is 0.439. The van der Waals surface area contributed by atoms with Gasteiger partial charge in [-0.1, -0.05) is 29.8 Å². The van der Waals surface area contributed by atoms with Crippen molar-refractivity contribution in [3.8, 4) is 5.75 Å². The van der Waals surface area contributed by atoms with Gasteiger partial charge in [-0.25, -0.2) is 0 Å². The number of ether oxygens (including phenoxy) is 1. The Morgan fingerprint density at radius 1 is 1.29 bits per heavy atom. The summed E-state index contributed by atoms with van der Waals surface area (Å²) in [4.78, 5) is 10.5. The number of halogens is 2. The molecule has 5 nitrogen and oxygen atoms in total. The number of hydrogen-bond acceptors (Lipinski definition) is 4. The van der Waals surface area contributed by atoms with Crippen LogP contribution >= 0.6 is 27.5 Å². The largest absolute Gasteiger partial charge is 0.487 e. The van der Waals surface area contributed by atoms with E-state index in [-0.39, 0.29) is 23.9 Å². The molecule has 1 N–H and O–H groups in total. The van der Waals surface area contributed by atoms with Gasteiger partial charge in [0.25, 0.3) is 5.69 Å². The van der Waals surface area contributed by atoms with Crippen molar-refractivity contribution in [1.29, 1.82) is 0 Å². The van der Waals surface area contributed by atoms with E-state index < -0.39 is 4.92 Å². The van der Waals surface area contributed by atoms with Crippen LogP contribution in [0.4, 0.5) is 5.69 Å². The van der Waals surface area contributed by atoms with Gasteiger partial charge < -0.3 is 9.84 Å². The molecule has 2 aromatic rings. The van der Waals surface area contributed by atoms with Crippen LogP contribution in [-0.2, 0) is 13.2 Å². The average molecular weight is 373 g/mol. The molecule has 0 aliphatic heterocycles. The first-order valence-electron chi connectivity index (χ1n) is 5.97. The number of rotatable bonds is 5. The lowest BCUT2D eigenvalue weighted by molar-refractivity contribution is -0.385. The summed E-state index contributed by atoms with van der Waals surface area (Å²) in [6.07, 6.45) is 0. The normalized spacial score (nSPS) is 10.4. The topological polar surface area (TPSA) is 72.6 Å². The van der Waals surface area contributed by atoms with Crippen LogP contribution in [0.25, 0.3) is 0 Å². The summed E-state index contributed by atoms with van der Waals surface area (Å²) in [7, 11) is 0. The monoisotopic (exact) mass is 371 g/mol. The molecule has 0 radical (unpaired) electrons. The van der Waals surface area contributed by atoms with E-state index in [1.54, 1.807) is 24.3 Å². The van der Waals surface area contributed by atoms with Gasteiger partial charge in [0, 0.05) is 11.6 Å². The number of benzene rings is 2. The van der Waals surface area contributed by atoms with Crippen molar-refractivity contribution in [2.75, 3.05) is 0 Å². The zero-order valence-corrected chi connectivity index (χ0v) is 13.1. The Morgan fingerprint density at radius 3 is 2.67 bits per heavy atom. The van der Waals surface area contributed by atoms with Gasteiger partial charge in [-0.2, -0.15) is 0 Å². The van der Waals surface area contributed by atoms with Crippen LogP contribution < -0.4 is 4.74 Å². The molecule has 2 aromatic carbocycles. The molecule has 0 unspecified atom stereocenters. The standard InChI is InChI=1S/C14H11BrClNO4/c15-11-4-1-3-9(7-18)14(11)21-8-10-12(16)5-2-6-13(10)17(19)20/h1-6,18H,7-8H2. The maximum Gasteiger partial charge on any atom is 0.277 e. The second-order valence-electron chi connectivity index (χ2n) is 4.17. The number of nitro benzene ring substituents is 1. The molecule has 0 bridgehead atoms. The third kappa shape index (κ3) is 3.53. The molecule has 0 spiro atoms. The van der Waals surface area contributed by atoms with Gasteiger partial charge in [-0.15, -0.1) is 0 Å². The van der Waals surface area contributed by atoms with Crippen LogP contribution in [0.5, 0.6) is 5.75 Å². The van der Waals surface area contributed by atoms with E-state index in [0.717, 1.165) is 0 Å². The van der Waals surface area contributed by atoms with Gasteiger partial charge in [-0.05, 0) is 28.1 Å². The molecule has 0 amide bonds. The zero-order chi connectivity index (χ0) is 15.4. The van der Waals surface area contributed by atoms with E-state index in [1.165, 1.54) is 12.1 Å². The van der Waals surface area contributed by atoms with Crippen molar-refractivity contribution in [1.82, 2.24) is 0 Å². The molecule has 0 fully saturated rings. The van der Waals surface area contributed by atoms with Crippen LogP contribution in [0.2, 0.25) is 5.02 Å². The summed E-state index contributed by atoms with van der Waals surface area (Å²) >= 11 is 9.33. The quantitative estimate of drug-likeness (QED) is 0.634. The molecule has 7 heteroatoms. The predicted octanol–water partition coefficient (Wildman–Crippen LogP) is 4.08. The summed E-state index contributed by atoms with van der Waals surface area (Å²) in [6, 6.07) is 9.69. The smallest absolute Gasteiger partial charge is 0.277 e. The number of para-hydroxylation sites is 1. The Kier molecular flexibility index (Phi) is 5.17. The number of aliphatic hydroxyl groups is 1. The maximum absolute atomic E-state index is 11.0. The molecule has 0 saturated carbocycles. The van der Waals surface area contributed by atoms with Crippen molar-refractivity contribution >= 4 is 33.2 Å². The van der Waals surface area contributed by atoms with Gasteiger partial charge in [0.15, 0.2) is 0 Å². The number of nitro groups is 1. The first-order chi connectivity index (χ1) is 10.0. The van der Waals surface area contributed by atoms with Crippen LogP contribution in [-0.4, -0.2) is 10.0 Å². The van der Waals surface area contributed by atoms with Crippen LogP contribution in [0.1, 0.15) is 11.1 Å². The fraction of sp³-hybridized carbons (Fsp3) is 0.143. The minimum absolute atomic E-state index is 0.0639. The van der Waals surface area contributed by atoms with Gasteiger partial charge in [0.2, 0.25) is 0 Å². The highest BCUT2D eigenvalue weighted by Gasteiger charge is 2.18. The van der Waals surface area contributed by atoms with E-state index in [9.17, 15) is 15.2 Å². The molecule has 0 aliphatic carbocycles. The van der Waals surface area contributed by atoms with Gasteiger partial charge in [0.05, 0.1) is 26.6 Å². The highest BCUT2D eigenvalue weighted by molar-refractivity contribution is 9.10. The lowest BCUT2D eigenvalue weighted by Crippen LogP contribution is -2.03. The molecule has 0 heterocycles. The fourth-order valence-electron chi connectivity index (χ4n) is 1.85. The highest BCUT2D eigenvalue weighted by atomic mass is 79.9. The Bertz CT molecular complexity index is 678. The number of aliphatic hydroxyl groups excluding tert-OH is 1. The lowest BCUT2D eigenvalue weighted by Gasteiger charge is -2.13. The molecule has 2 rings (SSSR count). The minimum Gasteiger partial charge on any atom is -0.487 e. The Morgan fingerprint density at radius 2 is 2.00 bits per heavy atom. The molecular formula is C14H11BrClNO4. The molecule has 0 saturated heterocycles. The molecule has 0 aromatic heterocycles. The van der Waals surface area contributed by atoms with Crippen molar-refractivity contribution < 1.29 is 14.8 Å². The maximum atomic E-state index is 11.0. The predicted molar refractivity (Wildman–Crippen MR) is 82.5 cm³/mol. The lowest BCUT2D eigenvalue weighted by atomic mass is 10.2. The summed E-state index contributed by atoms with van der Waals surface area (Å²) in [5.41, 5.74) is 0.781. The van der Waals surface area contributed by atoms with Gasteiger partial charge in [0.1, 0.15) is 12.4 Å².